The summed E-state index contributed by atoms with van der Waals surface area (Å²) in [6.45, 7) is 5.95. The molecule has 2 saturated heterocycles. The van der Waals surface area contributed by atoms with Crippen molar-refractivity contribution in [2.45, 2.75) is 25.7 Å². The van der Waals surface area contributed by atoms with Crippen LogP contribution in [-0.2, 0) is 4.79 Å². The Bertz CT molecular complexity index is 447. The Morgan fingerprint density at radius 2 is 1.85 bits per heavy atom. The molecular weight excluding hydrogens is 248 g/mol. The van der Waals surface area contributed by atoms with E-state index < -0.39 is 0 Å². The van der Waals surface area contributed by atoms with Crippen molar-refractivity contribution >= 4 is 5.91 Å². The minimum Gasteiger partial charge on any atom is -0.342 e. The smallest absolute Gasteiger partial charge is 0.225 e. The molecule has 1 aromatic carbocycles. The van der Waals surface area contributed by atoms with E-state index in [9.17, 15) is 4.79 Å². The molecular formula is C17H24N2O. The molecule has 20 heavy (non-hydrogen) atoms. The number of carbonyl (C=O) groups excluding carboxylic acids is 1. The van der Waals surface area contributed by atoms with E-state index >= 15 is 0 Å². The van der Waals surface area contributed by atoms with Crippen molar-refractivity contribution in [1.29, 1.82) is 0 Å². The molecule has 0 bridgehead atoms. The first-order chi connectivity index (χ1) is 9.75. The number of likely N-dealkylation sites (tertiary alicyclic amines) is 1. The van der Waals surface area contributed by atoms with Gasteiger partial charge < -0.3 is 10.2 Å². The van der Waals surface area contributed by atoms with Crippen LogP contribution < -0.4 is 5.32 Å². The van der Waals surface area contributed by atoms with Gasteiger partial charge in [0.1, 0.15) is 0 Å². The van der Waals surface area contributed by atoms with Crippen molar-refractivity contribution in [2.24, 2.45) is 11.8 Å². The van der Waals surface area contributed by atoms with Gasteiger partial charge in [0, 0.05) is 19.0 Å². The van der Waals surface area contributed by atoms with Gasteiger partial charge in [-0.15, -0.1) is 0 Å². The maximum absolute atomic E-state index is 12.5. The Labute approximate surface area is 121 Å². The molecule has 2 fully saturated rings. The highest BCUT2D eigenvalue weighted by atomic mass is 16.2. The third-order valence-corrected chi connectivity index (χ3v) is 4.99. The fourth-order valence-electron chi connectivity index (χ4n) is 3.31. The summed E-state index contributed by atoms with van der Waals surface area (Å²) in [5.74, 6) is 1.72. The molecule has 3 heteroatoms. The second kappa shape index (κ2) is 5.96. The maximum atomic E-state index is 12.5. The normalized spacial score (nSPS) is 22.4. The highest BCUT2D eigenvalue weighted by Crippen LogP contribution is 2.29. The number of hydrogen-bond donors (Lipinski definition) is 1. The number of nitrogens with one attached hydrogen (secondary N) is 1. The van der Waals surface area contributed by atoms with E-state index in [0.717, 1.165) is 39.0 Å². The van der Waals surface area contributed by atoms with Gasteiger partial charge in [0.25, 0.3) is 0 Å². The van der Waals surface area contributed by atoms with E-state index in [1.807, 2.05) is 0 Å². The Morgan fingerprint density at radius 1 is 1.20 bits per heavy atom. The van der Waals surface area contributed by atoms with Crippen LogP contribution in [0.1, 0.15) is 31.2 Å². The molecule has 1 N–H and O–H groups in total. The van der Waals surface area contributed by atoms with E-state index in [4.69, 9.17) is 0 Å². The predicted octanol–water partition coefficient (Wildman–Crippen LogP) is 2.25. The molecule has 1 atom stereocenters. The Morgan fingerprint density at radius 3 is 2.40 bits per heavy atom. The highest BCUT2D eigenvalue weighted by Gasteiger charge is 2.33. The van der Waals surface area contributed by atoms with Crippen molar-refractivity contribution in [3.8, 4) is 0 Å². The number of hydrogen-bond acceptors (Lipinski definition) is 2. The Balaban J connectivity index is 1.54. The van der Waals surface area contributed by atoms with Crippen molar-refractivity contribution in [2.75, 3.05) is 26.2 Å². The molecule has 2 heterocycles. The van der Waals surface area contributed by atoms with Gasteiger partial charge in [-0.25, -0.2) is 0 Å². The van der Waals surface area contributed by atoms with E-state index in [0.29, 0.717) is 17.7 Å². The Hall–Kier alpha value is -1.35. The van der Waals surface area contributed by atoms with Crippen LogP contribution in [0.25, 0.3) is 0 Å². The van der Waals surface area contributed by atoms with Crippen molar-refractivity contribution < 1.29 is 4.79 Å². The van der Waals surface area contributed by atoms with E-state index in [-0.39, 0.29) is 5.92 Å². The van der Waals surface area contributed by atoms with Crippen LogP contribution >= 0.6 is 0 Å². The zero-order valence-electron chi connectivity index (χ0n) is 12.2. The standard InChI is InChI=1S/C17H24N2O/c1-13(16-11-18-12-16)17(20)19-9-7-15(8-10-19)14-5-3-2-4-6-14/h2-6,13,15-16,18H,7-12H2,1H3. The first kappa shape index (κ1) is 13.6. The van der Waals surface area contributed by atoms with Gasteiger partial charge in [0.15, 0.2) is 0 Å². The van der Waals surface area contributed by atoms with Crippen LogP contribution in [0.5, 0.6) is 0 Å². The second-order valence-electron chi connectivity index (χ2n) is 6.22. The molecule has 0 spiro atoms. The van der Waals surface area contributed by atoms with Gasteiger partial charge in [-0.2, -0.15) is 0 Å². The zero-order chi connectivity index (χ0) is 13.9. The molecule has 1 aromatic rings. The predicted molar refractivity (Wildman–Crippen MR) is 80.5 cm³/mol. The first-order valence-electron chi connectivity index (χ1n) is 7.80. The van der Waals surface area contributed by atoms with Crippen LogP contribution in [0.4, 0.5) is 0 Å². The second-order valence-corrected chi connectivity index (χ2v) is 6.22. The summed E-state index contributed by atoms with van der Waals surface area (Å²) in [6, 6.07) is 10.7. The number of amides is 1. The first-order valence-corrected chi connectivity index (χ1v) is 7.80. The van der Waals surface area contributed by atoms with Gasteiger partial charge in [-0.1, -0.05) is 37.3 Å². The largest absolute Gasteiger partial charge is 0.342 e. The van der Waals surface area contributed by atoms with E-state index in [1.54, 1.807) is 0 Å². The molecule has 3 nitrogen and oxygen atoms in total. The van der Waals surface area contributed by atoms with E-state index in [1.165, 1.54) is 5.56 Å². The molecule has 108 valence electrons. The van der Waals surface area contributed by atoms with Gasteiger partial charge in [0.05, 0.1) is 0 Å². The van der Waals surface area contributed by atoms with Gasteiger partial charge in [0.2, 0.25) is 5.91 Å². The topological polar surface area (TPSA) is 32.3 Å². The minimum absolute atomic E-state index is 0.185. The fourth-order valence-corrected chi connectivity index (χ4v) is 3.31. The summed E-state index contributed by atoms with van der Waals surface area (Å²) in [5.41, 5.74) is 1.43. The summed E-state index contributed by atoms with van der Waals surface area (Å²) in [5, 5.41) is 3.26. The summed E-state index contributed by atoms with van der Waals surface area (Å²) >= 11 is 0. The monoisotopic (exact) mass is 272 g/mol. The number of nitrogens with zero attached hydrogens (tertiary/aromatic N) is 1. The lowest BCUT2D eigenvalue weighted by Gasteiger charge is -2.38. The summed E-state index contributed by atoms with van der Waals surface area (Å²) in [7, 11) is 0. The van der Waals surface area contributed by atoms with Crippen molar-refractivity contribution in [3.63, 3.8) is 0 Å². The molecule has 2 aliphatic heterocycles. The molecule has 2 aliphatic rings. The van der Waals surface area contributed by atoms with Crippen LogP contribution in [0, 0.1) is 11.8 Å². The van der Waals surface area contributed by atoms with Gasteiger partial charge in [-0.05, 0) is 43.3 Å². The third kappa shape index (κ3) is 2.73. The fraction of sp³-hybridized carbons (Fsp3) is 0.588. The van der Waals surface area contributed by atoms with Crippen LogP contribution in [0.3, 0.4) is 0 Å². The third-order valence-electron chi connectivity index (χ3n) is 4.99. The zero-order valence-corrected chi connectivity index (χ0v) is 12.2. The number of carbonyl (C=O) groups is 1. The summed E-state index contributed by atoms with van der Waals surface area (Å²) < 4.78 is 0. The highest BCUT2D eigenvalue weighted by molar-refractivity contribution is 5.79. The number of benzene rings is 1. The van der Waals surface area contributed by atoms with E-state index in [2.05, 4.69) is 47.5 Å². The minimum atomic E-state index is 0.185. The van der Waals surface area contributed by atoms with Crippen LogP contribution in [0.2, 0.25) is 0 Å². The molecule has 0 saturated carbocycles. The maximum Gasteiger partial charge on any atom is 0.225 e. The SMILES string of the molecule is CC(C(=O)N1CCC(c2ccccc2)CC1)C1CNC1. The Kier molecular flexibility index (Phi) is 4.06. The number of piperidine rings is 1. The lowest BCUT2D eigenvalue weighted by Crippen LogP contribution is -2.51. The molecule has 1 unspecified atom stereocenters. The molecule has 3 rings (SSSR count). The lowest BCUT2D eigenvalue weighted by molar-refractivity contribution is -0.138. The van der Waals surface area contributed by atoms with Crippen LogP contribution in [-0.4, -0.2) is 37.0 Å². The summed E-state index contributed by atoms with van der Waals surface area (Å²) in [4.78, 5) is 14.6. The molecule has 1 amide bonds. The lowest BCUT2D eigenvalue weighted by atomic mass is 9.85. The van der Waals surface area contributed by atoms with Crippen LogP contribution in [0.15, 0.2) is 30.3 Å². The van der Waals surface area contributed by atoms with Crippen molar-refractivity contribution in [1.82, 2.24) is 10.2 Å². The number of rotatable bonds is 3. The average Bonchev–Trinajstić information content (AvgIpc) is 2.46. The average molecular weight is 272 g/mol. The summed E-state index contributed by atoms with van der Waals surface area (Å²) in [6.07, 6.45) is 2.21. The molecule has 0 radical (unpaired) electrons. The molecule has 0 aromatic heterocycles. The quantitative estimate of drug-likeness (QED) is 0.915. The molecule has 0 aliphatic carbocycles. The van der Waals surface area contributed by atoms with Gasteiger partial charge >= 0.3 is 0 Å². The van der Waals surface area contributed by atoms with Gasteiger partial charge in [-0.3, -0.25) is 4.79 Å². The van der Waals surface area contributed by atoms with Crippen molar-refractivity contribution in [3.05, 3.63) is 35.9 Å².